The second kappa shape index (κ2) is 6.79. The van der Waals surface area contributed by atoms with E-state index in [-0.39, 0.29) is 11.4 Å². The lowest BCUT2D eigenvalue weighted by molar-refractivity contribution is 0.403. The van der Waals surface area contributed by atoms with Gasteiger partial charge in [-0.05, 0) is 58.6 Å². The lowest BCUT2D eigenvalue weighted by atomic mass is 9.79. The first-order valence-corrected chi connectivity index (χ1v) is 9.59. The number of anilines is 2. The van der Waals surface area contributed by atoms with Crippen LogP contribution in [0.3, 0.4) is 0 Å². The molecule has 2 aliphatic rings. The number of rotatable bonds is 2. The summed E-state index contributed by atoms with van der Waals surface area (Å²) >= 11 is 3.25. The molecular weight excluding hydrogens is 381 g/mol. The highest BCUT2D eigenvalue weighted by Gasteiger charge is 2.40. The van der Waals surface area contributed by atoms with Crippen LogP contribution in [-0.4, -0.2) is 11.4 Å². The Morgan fingerprint density at radius 3 is 2.56 bits per heavy atom. The van der Waals surface area contributed by atoms with Crippen LogP contribution in [0.2, 0.25) is 0 Å². The fourth-order valence-corrected chi connectivity index (χ4v) is 4.21. The summed E-state index contributed by atoms with van der Waals surface area (Å²) in [5, 5.41) is 7.31. The predicted octanol–water partition coefficient (Wildman–Crippen LogP) is 5.73. The van der Waals surface area contributed by atoms with E-state index in [2.05, 4.69) is 44.8 Å². The Hall–Kier alpha value is -1.88. The van der Waals surface area contributed by atoms with Crippen LogP contribution in [0.1, 0.15) is 37.7 Å². The number of benzene rings is 2. The molecule has 3 nitrogen and oxygen atoms in total. The average Bonchev–Trinajstić information content (AvgIpc) is 2.63. The average molecular weight is 402 g/mol. The van der Waals surface area contributed by atoms with Crippen LogP contribution in [-0.2, 0) is 6.54 Å². The van der Waals surface area contributed by atoms with Crippen LogP contribution in [0, 0.1) is 5.82 Å². The number of aliphatic imine (C=N–C) groups is 1. The lowest BCUT2D eigenvalue weighted by Gasteiger charge is -2.44. The van der Waals surface area contributed by atoms with E-state index < -0.39 is 0 Å². The first-order valence-electron chi connectivity index (χ1n) is 8.79. The number of para-hydroxylation sites is 2. The summed E-state index contributed by atoms with van der Waals surface area (Å²) in [6.45, 7) is 0.535. The highest BCUT2D eigenvalue weighted by Crippen LogP contribution is 2.39. The van der Waals surface area contributed by atoms with E-state index in [1.54, 1.807) is 12.1 Å². The second-order valence-electron chi connectivity index (χ2n) is 6.85. The third-order valence-electron chi connectivity index (χ3n) is 5.12. The van der Waals surface area contributed by atoms with Crippen LogP contribution in [0.4, 0.5) is 15.8 Å². The largest absolute Gasteiger partial charge is 0.371 e. The van der Waals surface area contributed by atoms with Gasteiger partial charge in [0.05, 0.1) is 27.9 Å². The Kier molecular flexibility index (Phi) is 4.50. The van der Waals surface area contributed by atoms with Crippen LogP contribution in [0.25, 0.3) is 0 Å². The molecule has 1 fully saturated rings. The van der Waals surface area contributed by atoms with Crippen LogP contribution < -0.4 is 10.6 Å². The Morgan fingerprint density at radius 1 is 1.04 bits per heavy atom. The van der Waals surface area contributed by atoms with E-state index in [0.29, 0.717) is 11.0 Å². The van der Waals surface area contributed by atoms with Crippen molar-refractivity contribution in [3.05, 3.63) is 58.3 Å². The van der Waals surface area contributed by atoms with Crippen LogP contribution in [0.15, 0.2) is 51.9 Å². The molecule has 2 aromatic rings. The quantitative estimate of drug-likeness (QED) is 0.674. The van der Waals surface area contributed by atoms with Crippen molar-refractivity contribution >= 4 is 33.1 Å². The van der Waals surface area contributed by atoms with Crippen LogP contribution >= 0.6 is 15.9 Å². The van der Waals surface area contributed by atoms with Crippen molar-refractivity contribution in [2.75, 3.05) is 10.6 Å². The molecule has 0 atom stereocenters. The molecule has 0 unspecified atom stereocenters. The molecule has 5 heteroatoms. The van der Waals surface area contributed by atoms with Crippen molar-refractivity contribution in [1.29, 1.82) is 0 Å². The van der Waals surface area contributed by atoms with Gasteiger partial charge in [0.15, 0.2) is 0 Å². The molecule has 130 valence electrons. The molecule has 4 rings (SSSR count). The third-order valence-corrected chi connectivity index (χ3v) is 5.73. The highest BCUT2D eigenvalue weighted by atomic mass is 79.9. The van der Waals surface area contributed by atoms with Gasteiger partial charge in [-0.25, -0.2) is 4.39 Å². The predicted molar refractivity (Wildman–Crippen MR) is 105 cm³/mol. The van der Waals surface area contributed by atoms with Crippen molar-refractivity contribution in [1.82, 2.24) is 0 Å². The van der Waals surface area contributed by atoms with E-state index in [0.717, 1.165) is 35.6 Å². The first-order chi connectivity index (χ1) is 12.2. The summed E-state index contributed by atoms with van der Waals surface area (Å²) in [5.41, 5.74) is 3.10. The molecule has 1 aliphatic heterocycles. The Morgan fingerprint density at radius 2 is 1.80 bits per heavy atom. The molecule has 0 aromatic heterocycles. The monoisotopic (exact) mass is 401 g/mol. The van der Waals surface area contributed by atoms with Gasteiger partial charge in [0, 0.05) is 0 Å². The molecule has 1 aliphatic carbocycles. The lowest BCUT2D eigenvalue weighted by Crippen LogP contribution is -2.53. The minimum absolute atomic E-state index is 0.107. The van der Waals surface area contributed by atoms with Gasteiger partial charge in [0.25, 0.3) is 0 Å². The normalized spacial score (nSPS) is 20.0. The van der Waals surface area contributed by atoms with Gasteiger partial charge < -0.3 is 10.6 Å². The van der Waals surface area contributed by atoms with Gasteiger partial charge in [0.1, 0.15) is 11.7 Å². The molecule has 1 heterocycles. The van der Waals surface area contributed by atoms with Gasteiger partial charge in [-0.3, -0.25) is 4.99 Å². The molecule has 25 heavy (non-hydrogen) atoms. The molecule has 2 N–H and O–H groups in total. The van der Waals surface area contributed by atoms with E-state index in [9.17, 15) is 4.39 Å². The van der Waals surface area contributed by atoms with Gasteiger partial charge in [-0.1, -0.05) is 37.5 Å². The number of nitrogens with zero attached hydrogens (tertiary/aromatic N) is 1. The molecule has 2 aromatic carbocycles. The number of halogens is 2. The molecule has 0 bridgehead atoms. The Balaban J connectivity index is 1.66. The van der Waals surface area contributed by atoms with E-state index in [4.69, 9.17) is 4.99 Å². The summed E-state index contributed by atoms with van der Waals surface area (Å²) in [7, 11) is 0. The van der Waals surface area contributed by atoms with Crippen LogP contribution in [0.5, 0.6) is 0 Å². The Bertz CT molecular complexity index is 812. The van der Waals surface area contributed by atoms with Gasteiger partial charge in [-0.2, -0.15) is 0 Å². The standard InChI is InChI=1S/C20H21BrFN3/c21-15-12-14(8-9-16(15)22)13-23-19-20(10-4-1-5-11-20)25-18-7-3-2-6-17(18)24-19/h2-3,6-9,12,25H,1,4-5,10-11,13H2,(H,23,24). The van der Waals surface area contributed by atoms with Crippen molar-refractivity contribution in [2.24, 2.45) is 4.99 Å². The summed E-state index contributed by atoms with van der Waals surface area (Å²) in [6.07, 6.45) is 5.86. The summed E-state index contributed by atoms with van der Waals surface area (Å²) in [4.78, 5) is 4.90. The molecule has 0 saturated heterocycles. The number of nitrogens with one attached hydrogen (secondary N) is 2. The zero-order valence-electron chi connectivity index (χ0n) is 14.0. The smallest absolute Gasteiger partial charge is 0.137 e. The second-order valence-corrected chi connectivity index (χ2v) is 7.71. The van der Waals surface area contributed by atoms with E-state index in [1.807, 2.05) is 6.07 Å². The SMILES string of the molecule is Fc1ccc(CN=C2Nc3ccccc3NC23CCCCC3)cc1Br. The van der Waals surface area contributed by atoms with Crippen molar-refractivity contribution in [2.45, 2.75) is 44.2 Å². The topological polar surface area (TPSA) is 36.4 Å². The van der Waals surface area contributed by atoms with Gasteiger partial charge >= 0.3 is 0 Å². The number of hydrogen-bond acceptors (Lipinski definition) is 2. The third kappa shape index (κ3) is 3.30. The molecule has 1 spiro atoms. The van der Waals surface area contributed by atoms with E-state index in [1.165, 1.54) is 25.3 Å². The van der Waals surface area contributed by atoms with Gasteiger partial charge in [-0.15, -0.1) is 0 Å². The zero-order valence-corrected chi connectivity index (χ0v) is 15.6. The number of fused-ring (bicyclic) bond motifs is 1. The maximum absolute atomic E-state index is 13.4. The summed E-state index contributed by atoms with van der Waals surface area (Å²) in [5.74, 6) is 0.762. The van der Waals surface area contributed by atoms with E-state index >= 15 is 0 Å². The number of amidine groups is 1. The number of hydrogen-bond donors (Lipinski definition) is 2. The first kappa shape index (κ1) is 16.6. The van der Waals surface area contributed by atoms with Crippen molar-refractivity contribution in [3.63, 3.8) is 0 Å². The summed E-state index contributed by atoms with van der Waals surface area (Å²) < 4.78 is 13.9. The van der Waals surface area contributed by atoms with Gasteiger partial charge in [0.2, 0.25) is 0 Å². The summed E-state index contributed by atoms with van der Waals surface area (Å²) in [6, 6.07) is 13.4. The Labute approximate surface area is 155 Å². The molecular formula is C20H21BrFN3. The highest BCUT2D eigenvalue weighted by molar-refractivity contribution is 9.10. The molecule has 0 radical (unpaired) electrons. The zero-order chi connectivity index (χ0) is 17.3. The molecule has 1 saturated carbocycles. The minimum Gasteiger partial charge on any atom is -0.371 e. The van der Waals surface area contributed by atoms with Crippen molar-refractivity contribution in [3.8, 4) is 0 Å². The fourth-order valence-electron chi connectivity index (χ4n) is 3.78. The minimum atomic E-state index is -0.244. The maximum atomic E-state index is 13.4. The maximum Gasteiger partial charge on any atom is 0.137 e. The molecule has 0 amide bonds. The fraction of sp³-hybridized carbons (Fsp3) is 0.350. The van der Waals surface area contributed by atoms with Crippen molar-refractivity contribution < 1.29 is 4.39 Å².